The first-order chi connectivity index (χ1) is 10.1. The standard InChI is InChI=1S/C15H15FN4S/c1-15(4-5-21-14(17)20-15)12-6-10(2-3-13(12)16)11-7-18-9-19-8-11/h2-3,6-9H,4-5H2,1H3,(H2,17,20). The van der Waals surface area contributed by atoms with E-state index in [-0.39, 0.29) is 5.82 Å². The second kappa shape index (κ2) is 5.44. The van der Waals surface area contributed by atoms with Crippen molar-refractivity contribution in [3.63, 3.8) is 0 Å². The van der Waals surface area contributed by atoms with E-state index in [4.69, 9.17) is 5.73 Å². The van der Waals surface area contributed by atoms with Gasteiger partial charge in [-0.25, -0.2) is 14.4 Å². The Labute approximate surface area is 126 Å². The van der Waals surface area contributed by atoms with E-state index in [0.717, 1.165) is 23.3 Å². The molecule has 21 heavy (non-hydrogen) atoms. The van der Waals surface area contributed by atoms with Gasteiger partial charge in [0.1, 0.15) is 12.1 Å². The summed E-state index contributed by atoms with van der Waals surface area (Å²) >= 11 is 1.51. The van der Waals surface area contributed by atoms with Gasteiger partial charge in [-0.05, 0) is 31.0 Å². The van der Waals surface area contributed by atoms with E-state index in [9.17, 15) is 4.39 Å². The van der Waals surface area contributed by atoms with Crippen LogP contribution in [0.5, 0.6) is 0 Å². The average Bonchev–Trinajstić information content (AvgIpc) is 2.48. The molecule has 1 aromatic carbocycles. The lowest BCUT2D eigenvalue weighted by molar-refractivity contribution is 0.450. The summed E-state index contributed by atoms with van der Waals surface area (Å²) in [5, 5.41) is 0.511. The summed E-state index contributed by atoms with van der Waals surface area (Å²) < 4.78 is 14.3. The van der Waals surface area contributed by atoms with Crippen molar-refractivity contribution in [2.45, 2.75) is 18.9 Å². The Bertz CT molecular complexity index is 689. The molecule has 0 saturated carbocycles. The Kier molecular flexibility index (Phi) is 3.63. The van der Waals surface area contributed by atoms with Crippen molar-refractivity contribution in [1.82, 2.24) is 9.97 Å². The number of thioether (sulfide) groups is 1. The Balaban J connectivity index is 2.09. The van der Waals surface area contributed by atoms with Crippen LogP contribution in [0, 0.1) is 5.82 Å². The summed E-state index contributed by atoms with van der Waals surface area (Å²) in [5.41, 5.74) is 7.49. The van der Waals surface area contributed by atoms with Gasteiger partial charge in [-0.2, -0.15) is 0 Å². The molecule has 2 heterocycles. The number of amidine groups is 1. The fourth-order valence-electron chi connectivity index (χ4n) is 2.45. The normalized spacial score (nSPS) is 21.9. The van der Waals surface area contributed by atoms with E-state index in [1.165, 1.54) is 24.2 Å². The van der Waals surface area contributed by atoms with Crippen molar-refractivity contribution in [1.29, 1.82) is 0 Å². The van der Waals surface area contributed by atoms with E-state index >= 15 is 0 Å². The number of aromatic nitrogens is 2. The van der Waals surface area contributed by atoms with E-state index < -0.39 is 5.54 Å². The molecule has 6 heteroatoms. The monoisotopic (exact) mass is 302 g/mol. The van der Waals surface area contributed by atoms with E-state index in [1.54, 1.807) is 18.5 Å². The zero-order valence-electron chi connectivity index (χ0n) is 11.6. The minimum atomic E-state index is -0.620. The third kappa shape index (κ3) is 2.76. The van der Waals surface area contributed by atoms with E-state index in [2.05, 4.69) is 15.0 Å². The maximum absolute atomic E-state index is 14.3. The molecule has 1 aromatic heterocycles. The Hall–Kier alpha value is -1.95. The molecule has 4 nitrogen and oxygen atoms in total. The lowest BCUT2D eigenvalue weighted by Gasteiger charge is -2.30. The highest BCUT2D eigenvalue weighted by molar-refractivity contribution is 8.13. The van der Waals surface area contributed by atoms with Crippen LogP contribution in [0.1, 0.15) is 18.9 Å². The number of rotatable bonds is 2. The summed E-state index contributed by atoms with van der Waals surface area (Å²) in [5.74, 6) is 0.575. The third-order valence-electron chi connectivity index (χ3n) is 3.64. The molecule has 0 aliphatic carbocycles. The number of halogens is 1. The minimum absolute atomic E-state index is 0.262. The molecular weight excluding hydrogens is 287 g/mol. The van der Waals surface area contributed by atoms with Gasteiger partial charge in [0.05, 0.1) is 5.54 Å². The quantitative estimate of drug-likeness (QED) is 0.926. The van der Waals surface area contributed by atoms with Gasteiger partial charge in [-0.15, -0.1) is 0 Å². The van der Waals surface area contributed by atoms with Gasteiger partial charge in [-0.1, -0.05) is 17.8 Å². The van der Waals surface area contributed by atoms with Crippen LogP contribution < -0.4 is 5.73 Å². The molecule has 3 rings (SSSR count). The molecule has 0 radical (unpaired) electrons. The molecule has 0 saturated heterocycles. The van der Waals surface area contributed by atoms with Crippen LogP contribution >= 0.6 is 11.8 Å². The van der Waals surface area contributed by atoms with Crippen LogP contribution in [0.2, 0.25) is 0 Å². The molecule has 0 amide bonds. The van der Waals surface area contributed by atoms with Gasteiger partial charge in [0.2, 0.25) is 0 Å². The second-order valence-electron chi connectivity index (χ2n) is 5.14. The van der Waals surface area contributed by atoms with Crippen molar-refractivity contribution in [2.75, 3.05) is 5.75 Å². The number of aliphatic imine (C=N–C) groups is 1. The summed E-state index contributed by atoms with van der Waals surface area (Å²) in [6.45, 7) is 1.92. The Morgan fingerprint density at radius 2 is 2.00 bits per heavy atom. The highest BCUT2D eigenvalue weighted by atomic mass is 32.2. The van der Waals surface area contributed by atoms with E-state index in [1.807, 2.05) is 13.0 Å². The molecule has 0 fully saturated rings. The summed E-state index contributed by atoms with van der Waals surface area (Å²) in [7, 11) is 0. The molecule has 1 aliphatic rings. The van der Waals surface area contributed by atoms with Crippen molar-refractivity contribution >= 4 is 16.9 Å². The first-order valence-corrected chi connectivity index (χ1v) is 7.61. The molecule has 1 atom stereocenters. The number of nitrogens with two attached hydrogens (primary N) is 1. The smallest absolute Gasteiger partial charge is 0.154 e. The SMILES string of the molecule is CC1(c2cc(-c3cncnc3)ccc2F)CCSC(N)=N1. The summed E-state index contributed by atoms with van der Waals surface area (Å²) in [4.78, 5) is 12.5. The predicted molar refractivity (Wildman–Crippen MR) is 83.5 cm³/mol. The fourth-order valence-corrected chi connectivity index (χ4v) is 3.42. The molecule has 1 unspecified atom stereocenters. The second-order valence-corrected chi connectivity index (χ2v) is 6.26. The maximum Gasteiger partial charge on any atom is 0.154 e. The van der Waals surface area contributed by atoms with Crippen LogP contribution in [0.25, 0.3) is 11.1 Å². The number of nitrogens with zero attached hydrogens (tertiary/aromatic N) is 3. The fraction of sp³-hybridized carbons (Fsp3) is 0.267. The van der Waals surface area contributed by atoms with Crippen molar-refractivity contribution in [2.24, 2.45) is 10.7 Å². The molecule has 2 N–H and O–H groups in total. The van der Waals surface area contributed by atoms with Crippen LogP contribution in [0.15, 0.2) is 41.9 Å². The van der Waals surface area contributed by atoms with Gasteiger partial charge < -0.3 is 5.73 Å². The van der Waals surface area contributed by atoms with Gasteiger partial charge in [0.25, 0.3) is 0 Å². The average molecular weight is 302 g/mol. The van der Waals surface area contributed by atoms with Crippen LogP contribution in [0.3, 0.4) is 0 Å². The molecular formula is C15H15FN4S. The highest BCUT2D eigenvalue weighted by Crippen LogP contribution is 2.37. The lowest BCUT2D eigenvalue weighted by atomic mass is 9.87. The number of hydrogen-bond acceptors (Lipinski definition) is 5. The predicted octanol–water partition coefficient (Wildman–Crippen LogP) is 2.95. The molecule has 108 valence electrons. The van der Waals surface area contributed by atoms with Crippen LogP contribution in [0.4, 0.5) is 4.39 Å². The molecule has 2 aromatic rings. The van der Waals surface area contributed by atoms with Gasteiger partial charge >= 0.3 is 0 Å². The third-order valence-corrected chi connectivity index (χ3v) is 4.43. The van der Waals surface area contributed by atoms with Gasteiger partial charge in [0.15, 0.2) is 5.17 Å². The highest BCUT2D eigenvalue weighted by Gasteiger charge is 2.32. The summed E-state index contributed by atoms with van der Waals surface area (Å²) in [6, 6.07) is 5.02. The Morgan fingerprint density at radius 1 is 1.24 bits per heavy atom. The topological polar surface area (TPSA) is 64.2 Å². The first-order valence-electron chi connectivity index (χ1n) is 6.62. The van der Waals surface area contributed by atoms with Crippen molar-refractivity contribution in [3.8, 4) is 11.1 Å². The number of benzene rings is 1. The van der Waals surface area contributed by atoms with Crippen LogP contribution in [-0.4, -0.2) is 20.9 Å². The molecule has 0 spiro atoms. The molecule has 1 aliphatic heterocycles. The summed E-state index contributed by atoms with van der Waals surface area (Å²) in [6.07, 6.45) is 5.64. The maximum atomic E-state index is 14.3. The van der Waals surface area contributed by atoms with Crippen molar-refractivity contribution < 1.29 is 4.39 Å². The minimum Gasteiger partial charge on any atom is -0.379 e. The van der Waals surface area contributed by atoms with E-state index in [0.29, 0.717) is 10.7 Å². The van der Waals surface area contributed by atoms with Crippen molar-refractivity contribution in [3.05, 3.63) is 48.3 Å². The lowest BCUT2D eigenvalue weighted by Crippen LogP contribution is -2.29. The van der Waals surface area contributed by atoms with Gasteiger partial charge in [0, 0.05) is 29.3 Å². The zero-order chi connectivity index (χ0) is 14.9. The molecule has 0 bridgehead atoms. The van der Waals surface area contributed by atoms with Crippen LogP contribution in [-0.2, 0) is 5.54 Å². The zero-order valence-corrected chi connectivity index (χ0v) is 12.4. The number of hydrogen-bond donors (Lipinski definition) is 1. The Morgan fingerprint density at radius 3 is 2.71 bits per heavy atom. The largest absolute Gasteiger partial charge is 0.379 e. The van der Waals surface area contributed by atoms with Gasteiger partial charge in [-0.3, -0.25) is 4.99 Å². The first kappa shape index (κ1) is 14.0.